The molecule has 0 aromatic heterocycles. The summed E-state index contributed by atoms with van der Waals surface area (Å²) < 4.78 is 4.92. The molecule has 2 saturated heterocycles. The van der Waals surface area contributed by atoms with E-state index in [9.17, 15) is 9.59 Å². The van der Waals surface area contributed by atoms with E-state index < -0.39 is 0 Å². The number of anilines is 2. The van der Waals surface area contributed by atoms with E-state index in [0.29, 0.717) is 18.8 Å². The molecule has 1 unspecified atom stereocenters. The van der Waals surface area contributed by atoms with Crippen LogP contribution in [0, 0.1) is 0 Å². The fourth-order valence-electron chi connectivity index (χ4n) is 2.34. The van der Waals surface area contributed by atoms with Gasteiger partial charge in [-0.3, -0.25) is 9.69 Å². The topological polar surface area (TPSA) is 70.7 Å². The molecule has 1 aromatic rings. The predicted molar refractivity (Wildman–Crippen MR) is 82.9 cm³/mol. The number of hydrogen-bond donors (Lipinski definition) is 2. The minimum atomic E-state index is -0.344. The molecule has 0 saturated carbocycles. The minimum Gasteiger partial charge on any atom is -0.447 e. The Balaban J connectivity index is 1.68. The van der Waals surface area contributed by atoms with E-state index in [4.69, 9.17) is 4.74 Å². The Kier molecular flexibility index (Phi) is 4.31. The van der Waals surface area contributed by atoms with E-state index in [-0.39, 0.29) is 18.0 Å². The zero-order valence-corrected chi connectivity index (χ0v) is 12.3. The number of thioether (sulfide) groups is 1. The van der Waals surface area contributed by atoms with E-state index >= 15 is 0 Å². The largest absolute Gasteiger partial charge is 0.447 e. The summed E-state index contributed by atoms with van der Waals surface area (Å²) in [4.78, 5) is 25.3. The van der Waals surface area contributed by atoms with E-state index in [1.54, 1.807) is 22.7 Å². The zero-order valence-electron chi connectivity index (χ0n) is 11.5. The summed E-state index contributed by atoms with van der Waals surface area (Å²) in [7, 11) is 0. The fourth-order valence-corrected chi connectivity index (χ4v) is 3.28. The van der Waals surface area contributed by atoms with Gasteiger partial charge in [-0.25, -0.2) is 4.79 Å². The molecular weight excluding hydrogens is 290 g/mol. The van der Waals surface area contributed by atoms with Crippen molar-refractivity contribution < 1.29 is 14.3 Å². The number of rotatable bonds is 3. The van der Waals surface area contributed by atoms with Gasteiger partial charge in [0.25, 0.3) is 0 Å². The van der Waals surface area contributed by atoms with E-state index in [2.05, 4.69) is 10.6 Å². The Hall–Kier alpha value is -1.73. The third kappa shape index (κ3) is 3.30. The molecule has 1 aromatic carbocycles. The Labute approximate surface area is 127 Å². The Morgan fingerprint density at radius 3 is 3.10 bits per heavy atom. The van der Waals surface area contributed by atoms with Gasteiger partial charge in [0.1, 0.15) is 6.61 Å². The number of cyclic esters (lactones) is 1. The maximum atomic E-state index is 12.2. The summed E-state index contributed by atoms with van der Waals surface area (Å²) in [5, 5.41) is 6.10. The van der Waals surface area contributed by atoms with Crippen LogP contribution in [0.1, 0.15) is 0 Å². The van der Waals surface area contributed by atoms with Crippen LogP contribution in [-0.2, 0) is 9.53 Å². The lowest BCUT2D eigenvalue weighted by Gasteiger charge is -2.22. The number of ether oxygens (including phenoxy) is 1. The first-order chi connectivity index (χ1) is 10.2. The molecule has 6 nitrogen and oxygen atoms in total. The van der Waals surface area contributed by atoms with Crippen molar-refractivity contribution in [2.75, 3.05) is 41.4 Å². The average molecular weight is 307 g/mol. The van der Waals surface area contributed by atoms with Gasteiger partial charge in [0.2, 0.25) is 5.91 Å². The SMILES string of the molecule is O=C(Nc1cccc(N2CCOC2=O)c1)C1CSCCN1. The van der Waals surface area contributed by atoms with Crippen LogP contribution >= 0.6 is 11.8 Å². The lowest BCUT2D eigenvalue weighted by Crippen LogP contribution is -2.46. The van der Waals surface area contributed by atoms with Crippen LogP contribution in [-0.4, -0.2) is 49.2 Å². The monoisotopic (exact) mass is 307 g/mol. The first kappa shape index (κ1) is 14.2. The van der Waals surface area contributed by atoms with Gasteiger partial charge in [0, 0.05) is 29.4 Å². The first-order valence-electron chi connectivity index (χ1n) is 6.90. The number of nitrogens with one attached hydrogen (secondary N) is 2. The van der Waals surface area contributed by atoms with Gasteiger partial charge in [-0.2, -0.15) is 11.8 Å². The third-order valence-electron chi connectivity index (χ3n) is 3.42. The number of hydrogen-bond acceptors (Lipinski definition) is 5. The van der Waals surface area contributed by atoms with Crippen LogP contribution in [0.3, 0.4) is 0 Å². The Bertz CT molecular complexity index is 546. The van der Waals surface area contributed by atoms with Crippen molar-refractivity contribution in [3.8, 4) is 0 Å². The van der Waals surface area contributed by atoms with Gasteiger partial charge in [-0.05, 0) is 18.2 Å². The third-order valence-corrected chi connectivity index (χ3v) is 4.49. The molecule has 2 heterocycles. The van der Waals surface area contributed by atoms with E-state index in [1.807, 2.05) is 18.2 Å². The van der Waals surface area contributed by atoms with Gasteiger partial charge in [-0.15, -0.1) is 0 Å². The summed E-state index contributed by atoms with van der Waals surface area (Å²) in [6.07, 6.45) is -0.344. The number of amides is 2. The molecular formula is C14H17N3O3S. The smallest absolute Gasteiger partial charge is 0.414 e. The van der Waals surface area contributed by atoms with Crippen LogP contribution in [0.5, 0.6) is 0 Å². The van der Waals surface area contributed by atoms with Crippen molar-refractivity contribution >= 4 is 35.1 Å². The van der Waals surface area contributed by atoms with Crippen LogP contribution in [0.15, 0.2) is 24.3 Å². The lowest BCUT2D eigenvalue weighted by molar-refractivity contribution is -0.117. The highest BCUT2D eigenvalue weighted by Crippen LogP contribution is 2.22. The van der Waals surface area contributed by atoms with E-state index in [1.165, 1.54) is 0 Å². The second-order valence-corrected chi connectivity index (χ2v) is 6.04. The van der Waals surface area contributed by atoms with Crippen LogP contribution < -0.4 is 15.5 Å². The minimum absolute atomic E-state index is 0.0386. The number of nitrogens with zero attached hydrogens (tertiary/aromatic N) is 1. The summed E-state index contributed by atoms with van der Waals surface area (Å²) in [5.41, 5.74) is 1.43. The van der Waals surface area contributed by atoms with Crippen LogP contribution in [0.2, 0.25) is 0 Å². The molecule has 7 heteroatoms. The molecule has 2 aliphatic rings. The van der Waals surface area contributed by atoms with Gasteiger partial charge in [0.05, 0.1) is 12.6 Å². The molecule has 0 bridgehead atoms. The number of carbonyl (C=O) groups excluding carboxylic acids is 2. The van der Waals surface area contributed by atoms with Crippen LogP contribution in [0.4, 0.5) is 16.2 Å². The van der Waals surface area contributed by atoms with E-state index in [0.717, 1.165) is 23.7 Å². The molecule has 21 heavy (non-hydrogen) atoms. The molecule has 2 N–H and O–H groups in total. The van der Waals surface area contributed by atoms with Gasteiger partial charge in [0.15, 0.2) is 0 Å². The summed E-state index contributed by atoms with van der Waals surface area (Å²) in [6, 6.07) is 7.10. The normalized spacial score (nSPS) is 22.0. The van der Waals surface area contributed by atoms with Crippen molar-refractivity contribution in [2.45, 2.75) is 6.04 Å². The molecule has 2 amide bonds. The fraction of sp³-hybridized carbons (Fsp3) is 0.429. The standard InChI is InChI=1S/C14H17N3O3S/c18-13(12-9-21-7-4-15-12)16-10-2-1-3-11(8-10)17-5-6-20-14(17)19/h1-3,8,12,15H,4-7,9H2,(H,16,18). The lowest BCUT2D eigenvalue weighted by atomic mass is 10.2. The van der Waals surface area contributed by atoms with Crippen molar-refractivity contribution in [1.82, 2.24) is 5.32 Å². The maximum Gasteiger partial charge on any atom is 0.414 e. The first-order valence-corrected chi connectivity index (χ1v) is 8.06. The predicted octanol–water partition coefficient (Wildman–Crippen LogP) is 1.29. The average Bonchev–Trinajstić information content (AvgIpc) is 2.94. The Morgan fingerprint density at radius 1 is 1.48 bits per heavy atom. The number of benzene rings is 1. The zero-order chi connectivity index (χ0) is 14.7. The molecule has 2 aliphatic heterocycles. The molecule has 2 fully saturated rings. The second-order valence-electron chi connectivity index (χ2n) is 4.89. The highest BCUT2D eigenvalue weighted by Gasteiger charge is 2.24. The van der Waals surface area contributed by atoms with Gasteiger partial charge in [-0.1, -0.05) is 6.07 Å². The van der Waals surface area contributed by atoms with Crippen molar-refractivity contribution in [1.29, 1.82) is 0 Å². The molecule has 3 rings (SSSR count). The van der Waals surface area contributed by atoms with Crippen molar-refractivity contribution in [3.63, 3.8) is 0 Å². The quantitative estimate of drug-likeness (QED) is 0.880. The molecule has 0 spiro atoms. The molecule has 0 radical (unpaired) electrons. The van der Waals surface area contributed by atoms with Crippen molar-refractivity contribution in [3.05, 3.63) is 24.3 Å². The molecule has 112 valence electrons. The van der Waals surface area contributed by atoms with Crippen molar-refractivity contribution in [2.24, 2.45) is 0 Å². The summed E-state index contributed by atoms with van der Waals surface area (Å²) >= 11 is 1.77. The highest BCUT2D eigenvalue weighted by molar-refractivity contribution is 7.99. The van der Waals surface area contributed by atoms with Gasteiger partial charge >= 0.3 is 6.09 Å². The maximum absolute atomic E-state index is 12.2. The Morgan fingerprint density at radius 2 is 2.38 bits per heavy atom. The highest BCUT2D eigenvalue weighted by atomic mass is 32.2. The van der Waals surface area contributed by atoms with Gasteiger partial charge < -0.3 is 15.4 Å². The molecule has 1 atom stereocenters. The summed E-state index contributed by atoms with van der Waals surface area (Å²) in [5.74, 6) is 1.78. The molecule has 0 aliphatic carbocycles. The summed E-state index contributed by atoms with van der Waals surface area (Å²) in [6.45, 7) is 1.79. The second kappa shape index (κ2) is 6.36. The van der Waals surface area contributed by atoms with Crippen LogP contribution in [0.25, 0.3) is 0 Å². The number of carbonyl (C=O) groups is 2.